The number of anilines is 2. The molecule has 0 amide bonds. The molecule has 0 saturated carbocycles. The standard InChI is InChI=1S/C27H30N8O3S/c1-32(39(36)37)18-20-4-2-3-5-23(20)25-9-7-22-17-28-27(31-35(22)25)30-21-6-8-24-26(16-21)34(19-29-24)11-10-33-12-14-38-15-13-33/h2-9,16-17,19,39H,10-15,18H2,1H3,(H,30,31). The summed E-state index contributed by atoms with van der Waals surface area (Å²) in [6.45, 7) is 5.57. The van der Waals surface area contributed by atoms with E-state index < -0.39 is 10.9 Å². The normalized spacial score (nSPS) is 14.6. The number of morpholine rings is 1. The molecule has 11 nitrogen and oxygen atoms in total. The average molecular weight is 547 g/mol. The number of aromatic nitrogens is 5. The summed E-state index contributed by atoms with van der Waals surface area (Å²) in [5.74, 6) is 0.455. The van der Waals surface area contributed by atoms with Crippen molar-refractivity contribution < 1.29 is 13.2 Å². The maximum atomic E-state index is 11.4. The Morgan fingerprint density at radius 1 is 1.03 bits per heavy atom. The average Bonchev–Trinajstić information content (AvgIpc) is 3.56. The minimum absolute atomic E-state index is 0.275. The van der Waals surface area contributed by atoms with Gasteiger partial charge in [0, 0.05) is 51.0 Å². The second kappa shape index (κ2) is 11.1. The number of rotatable bonds is 9. The van der Waals surface area contributed by atoms with E-state index >= 15 is 0 Å². The van der Waals surface area contributed by atoms with Crippen LogP contribution < -0.4 is 5.32 Å². The SMILES string of the molecule is CN(Cc1ccccc1-c1ccc2cnc(Nc3ccc4ncn(CCN5CCOCC5)c4c3)nn12)[SH](=O)=O. The summed E-state index contributed by atoms with van der Waals surface area (Å²) in [4.78, 5) is 11.5. The Bertz CT molecular complexity index is 1680. The fraction of sp³-hybridized carbons (Fsp3) is 0.296. The lowest BCUT2D eigenvalue weighted by Gasteiger charge is -2.26. The monoisotopic (exact) mass is 546 g/mol. The molecule has 1 saturated heterocycles. The second-order valence-electron chi connectivity index (χ2n) is 9.57. The fourth-order valence-electron chi connectivity index (χ4n) is 4.89. The van der Waals surface area contributed by atoms with Crippen LogP contribution in [0.4, 0.5) is 11.6 Å². The first-order valence-corrected chi connectivity index (χ1v) is 14.0. The van der Waals surface area contributed by atoms with Crippen LogP contribution in [0.2, 0.25) is 0 Å². The highest BCUT2D eigenvalue weighted by atomic mass is 32.2. The number of thiol groups is 1. The van der Waals surface area contributed by atoms with Gasteiger partial charge in [-0.15, -0.1) is 5.10 Å². The Kier molecular flexibility index (Phi) is 7.24. The van der Waals surface area contributed by atoms with E-state index in [1.165, 1.54) is 4.31 Å². The second-order valence-corrected chi connectivity index (χ2v) is 10.7. The van der Waals surface area contributed by atoms with E-state index in [0.717, 1.165) is 78.5 Å². The zero-order valence-electron chi connectivity index (χ0n) is 21.6. The summed E-state index contributed by atoms with van der Waals surface area (Å²) in [6.07, 6.45) is 3.66. The first-order valence-electron chi connectivity index (χ1n) is 12.9. The lowest BCUT2D eigenvalue weighted by Crippen LogP contribution is -2.38. The van der Waals surface area contributed by atoms with Crippen molar-refractivity contribution in [2.75, 3.05) is 45.2 Å². The maximum Gasteiger partial charge on any atom is 0.245 e. The predicted octanol–water partition coefficient (Wildman–Crippen LogP) is 2.78. The van der Waals surface area contributed by atoms with Crippen LogP contribution >= 0.6 is 0 Å². The van der Waals surface area contributed by atoms with Gasteiger partial charge in [-0.1, -0.05) is 24.3 Å². The fourth-order valence-corrected chi connectivity index (χ4v) is 5.16. The van der Waals surface area contributed by atoms with E-state index in [0.29, 0.717) is 5.95 Å². The van der Waals surface area contributed by atoms with Crippen molar-refractivity contribution in [3.05, 3.63) is 72.7 Å². The molecule has 202 valence electrons. The quantitative estimate of drug-likeness (QED) is 0.272. The van der Waals surface area contributed by atoms with Crippen LogP contribution in [0, 0.1) is 0 Å². The zero-order chi connectivity index (χ0) is 26.8. The van der Waals surface area contributed by atoms with E-state index in [-0.39, 0.29) is 6.54 Å². The van der Waals surface area contributed by atoms with Gasteiger partial charge in [-0.3, -0.25) is 4.90 Å². The van der Waals surface area contributed by atoms with Crippen molar-refractivity contribution in [2.24, 2.45) is 0 Å². The van der Waals surface area contributed by atoms with E-state index in [2.05, 4.69) is 30.8 Å². The van der Waals surface area contributed by atoms with Gasteiger partial charge in [0.05, 0.1) is 48.0 Å². The molecular weight excluding hydrogens is 516 g/mol. The lowest BCUT2D eigenvalue weighted by atomic mass is 10.0. The first kappa shape index (κ1) is 25.4. The molecule has 5 aromatic rings. The van der Waals surface area contributed by atoms with Crippen molar-refractivity contribution in [2.45, 2.75) is 13.1 Å². The summed E-state index contributed by atoms with van der Waals surface area (Å²) in [6, 6.07) is 17.7. The van der Waals surface area contributed by atoms with Crippen LogP contribution in [0.5, 0.6) is 0 Å². The van der Waals surface area contributed by atoms with E-state index in [9.17, 15) is 8.42 Å². The van der Waals surface area contributed by atoms with E-state index in [1.54, 1.807) is 13.2 Å². The predicted molar refractivity (Wildman–Crippen MR) is 150 cm³/mol. The molecule has 0 unspecified atom stereocenters. The van der Waals surface area contributed by atoms with Crippen LogP contribution in [-0.2, 0) is 28.7 Å². The number of hydrogen-bond acceptors (Lipinski definition) is 8. The van der Waals surface area contributed by atoms with Crippen LogP contribution in [0.3, 0.4) is 0 Å². The van der Waals surface area contributed by atoms with Gasteiger partial charge in [-0.05, 0) is 35.9 Å². The molecule has 12 heteroatoms. The third-order valence-electron chi connectivity index (χ3n) is 7.01. The molecule has 6 rings (SSSR count). The summed E-state index contributed by atoms with van der Waals surface area (Å²) in [5.41, 5.74) is 6.35. The first-order chi connectivity index (χ1) is 19.0. The molecule has 1 fully saturated rings. The van der Waals surface area contributed by atoms with Gasteiger partial charge in [0.1, 0.15) is 0 Å². The van der Waals surface area contributed by atoms with Gasteiger partial charge >= 0.3 is 0 Å². The summed E-state index contributed by atoms with van der Waals surface area (Å²) in [5, 5.41) is 8.11. The molecule has 39 heavy (non-hydrogen) atoms. The van der Waals surface area contributed by atoms with Crippen molar-refractivity contribution in [1.82, 2.24) is 33.4 Å². The highest BCUT2D eigenvalue weighted by Crippen LogP contribution is 2.27. The van der Waals surface area contributed by atoms with Gasteiger partial charge in [0.15, 0.2) is 0 Å². The summed E-state index contributed by atoms with van der Waals surface area (Å²) in [7, 11) is -1.10. The molecule has 0 atom stereocenters. The number of nitrogens with one attached hydrogen (secondary N) is 1. The van der Waals surface area contributed by atoms with Gasteiger partial charge in [-0.2, -0.15) is 0 Å². The largest absolute Gasteiger partial charge is 0.379 e. The molecule has 2 aromatic carbocycles. The minimum Gasteiger partial charge on any atom is -0.379 e. The molecule has 0 spiro atoms. The van der Waals surface area contributed by atoms with Crippen LogP contribution in [0.1, 0.15) is 5.56 Å². The zero-order valence-corrected chi connectivity index (χ0v) is 22.5. The number of ether oxygens (including phenoxy) is 1. The molecule has 1 aliphatic rings. The van der Waals surface area contributed by atoms with Crippen LogP contribution in [0.15, 0.2) is 67.1 Å². The minimum atomic E-state index is -2.66. The molecule has 1 aliphatic heterocycles. The number of hydrogen-bond donors (Lipinski definition) is 2. The molecule has 1 N–H and O–H groups in total. The van der Waals surface area contributed by atoms with Crippen molar-refractivity contribution in [3.8, 4) is 11.3 Å². The molecule has 0 aliphatic carbocycles. The number of nitrogens with zero attached hydrogens (tertiary/aromatic N) is 7. The Labute approximate surface area is 227 Å². The topological polar surface area (TPSA) is 110 Å². The molecule has 4 heterocycles. The van der Waals surface area contributed by atoms with Crippen LogP contribution in [0.25, 0.3) is 27.8 Å². The molecular formula is C27H30N8O3S. The Morgan fingerprint density at radius 3 is 2.72 bits per heavy atom. The highest BCUT2D eigenvalue weighted by molar-refractivity contribution is 7.69. The van der Waals surface area contributed by atoms with Crippen LogP contribution in [-0.4, -0.2) is 81.7 Å². The van der Waals surface area contributed by atoms with Crippen molar-refractivity contribution in [1.29, 1.82) is 0 Å². The number of imidazole rings is 1. The molecule has 3 aromatic heterocycles. The number of fused-ring (bicyclic) bond motifs is 2. The van der Waals surface area contributed by atoms with E-state index in [1.807, 2.05) is 59.4 Å². The molecule has 0 bridgehead atoms. The van der Waals surface area contributed by atoms with Crippen molar-refractivity contribution in [3.63, 3.8) is 0 Å². The van der Waals surface area contributed by atoms with Gasteiger partial charge in [0.2, 0.25) is 16.8 Å². The van der Waals surface area contributed by atoms with Gasteiger partial charge in [0.25, 0.3) is 0 Å². The van der Waals surface area contributed by atoms with Crippen molar-refractivity contribution >= 4 is 39.1 Å². The maximum absolute atomic E-state index is 11.4. The third-order valence-corrected chi connectivity index (χ3v) is 7.71. The van der Waals surface area contributed by atoms with Gasteiger partial charge in [-0.25, -0.2) is 27.2 Å². The Morgan fingerprint density at radius 2 is 1.87 bits per heavy atom. The Balaban J connectivity index is 1.26. The van der Waals surface area contributed by atoms with Gasteiger partial charge < -0.3 is 14.6 Å². The highest BCUT2D eigenvalue weighted by Gasteiger charge is 2.14. The van der Waals surface area contributed by atoms with E-state index in [4.69, 9.17) is 9.84 Å². The third kappa shape index (κ3) is 5.50. The Hall–Kier alpha value is -3.84. The number of benzene rings is 2. The summed E-state index contributed by atoms with van der Waals surface area (Å²) < 4.78 is 33.6. The lowest BCUT2D eigenvalue weighted by molar-refractivity contribution is 0.0365. The summed E-state index contributed by atoms with van der Waals surface area (Å²) >= 11 is 0. The smallest absolute Gasteiger partial charge is 0.245 e. The molecule has 0 radical (unpaired) electrons.